The fourth-order valence-corrected chi connectivity index (χ4v) is 4.68. The van der Waals surface area contributed by atoms with Gasteiger partial charge in [0, 0.05) is 11.5 Å². The lowest BCUT2D eigenvalue weighted by Gasteiger charge is -2.32. The van der Waals surface area contributed by atoms with E-state index in [1.807, 2.05) is 0 Å². The van der Waals surface area contributed by atoms with E-state index in [-0.39, 0.29) is 17.2 Å². The summed E-state index contributed by atoms with van der Waals surface area (Å²) < 4.78 is 55.8. The number of hydrogen-bond donors (Lipinski definition) is 0. The summed E-state index contributed by atoms with van der Waals surface area (Å²) in [6.45, 7) is 0.648. The first-order valence-electron chi connectivity index (χ1n) is 10.6. The second kappa shape index (κ2) is 10.9. The monoisotopic (exact) mass is 434 g/mol. The van der Waals surface area contributed by atoms with Crippen molar-refractivity contribution in [3.05, 3.63) is 28.5 Å². The highest BCUT2D eigenvalue weighted by atomic mass is 35.5. The Bertz CT molecular complexity index is 642. The maximum atomic E-state index is 14.2. The molecule has 0 spiro atoms. The predicted molar refractivity (Wildman–Crippen MR) is 106 cm³/mol. The first kappa shape index (κ1) is 22.7. The Morgan fingerprint density at radius 3 is 2.34 bits per heavy atom. The maximum absolute atomic E-state index is 14.2. The first-order valence-corrected chi connectivity index (χ1v) is 11.0. The van der Waals surface area contributed by atoms with Gasteiger partial charge in [0.1, 0.15) is 0 Å². The van der Waals surface area contributed by atoms with Gasteiger partial charge in [-0.3, -0.25) is 0 Å². The molecule has 0 aromatic heterocycles. The summed E-state index contributed by atoms with van der Waals surface area (Å²) in [6, 6.07) is 3.03. The molecule has 1 aliphatic heterocycles. The molecule has 0 atom stereocenters. The van der Waals surface area contributed by atoms with Crippen LogP contribution in [0.5, 0.6) is 5.75 Å². The van der Waals surface area contributed by atoms with Gasteiger partial charge in [0.05, 0.1) is 18.2 Å². The van der Waals surface area contributed by atoms with Crippen LogP contribution in [0.4, 0.5) is 13.2 Å². The molecule has 0 N–H and O–H groups in total. The minimum Gasteiger partial charge on any atom is -0.431 e. The third-order valence-corrected chi connectivity index (χ3v) is 6.41. The van der Waals surface area contributed by atoms with Crippen molar-refractivity contribution in [2.75, 3.05) is 13.2 Å². The van der Waals surface area contributed by atoms with Crippen molar-refractivity contribution in [3.63, 3.8) is 0 Å². The van der Waals surface area contributed by atoms with Crippen LogP contribution < -0.4 is 4.74 Å². The van der Waals surface area contributed by atoms with E-state index in [4.69, 9.17) is 21.1 Å². The smallest absolute Gasteiger partial charge is 0.387 e. The second-order valence-electron chi connectivity index (χ2n) is 8.20. The summed E-state index contributed by atoms with van der Waals surface area (Å²) in [5.41, 5.74) is 0.492. The van der Waals surface area contributed by atoms with Crippen LogP contribution in [0.2, 0.25) is 5.02 Å². The molecule has 0 unspecified atom stereocenters. The van der Waals surface area contributed by atoms with Crippen LogP contribution in [0.25, 0.3) is 0 Å². The van der Waals surface area contributed by atoms with Crippen molar-refractivity contribution in [1.29, 1.82) is 0 Å². The number of rotatable bonds is 8. The zero-order chi connectivity index (χ0) is 20.8. The van der Waals surface area contributed by atoms with E-state index in [0.717, 1.165) is 64.6 Å². The fraction of sp³-hybridized carbons (Fsp3) is 0.727. The Morgan fingerprint density at radius 2 is 1.72 bits per heavy atom. The van der Waals surface area contributed by atoms with Crippen molar-refractivity contribution in [2.24, 2.45) is 11.8 Å². The molecule has 3 nitrogen and oxygen atoms in total. The lowest BCUT2D eigenvalue weighted by molar-refractivity contribution is -0.205. The van der Waals surface area contributed by atoms with Gasteiger partial charge in [-0.1, -0.05) is 31.0 Å². The molecule has 1 aromatic rings. The molecule has 1 saturated heterocycles. The van der Waals surface area contributed by atoms with Gasteiger partial charge in [-0.05, 0) is 62.8 Å². The quantitative estimate of drug-likeness (QED) is 0.444. The molecule has 1 aromatic carbocycles. The van der Waals surface area contributed by atoms with Crippen LogP contribution in [-0.4, -0.2) is 26.1 Å². The van der Waals surface area contributed by atoms with Crippen LogP contribution in [0.1, 0.15) is 69.8 Å². The minimum absolute atomic E-state index is 0.00347. The van der Waals surface area contributed by atoms with E-state index in [1.54, 1.807) is 6.07 Å². The van der Waals surface area contributed by atoms with Crippen molar-refractivity contribution in [3.8, 4) is 5.75 Å². The molecule has 3 rings (SSSR count). The third kappa shape index (κ3) is 6.25. The second-order valence-corrected chi connectivity index (χ2v) is 8.61. The fourth-order valence-electron chi connectivity index (χ4n) is 4.54. The lowest BCUT2D eigenvalue weighted by atomic mass is 9.77. The van der Waals surface area contributed by atoms with Crippen LogP contribution in [0.3, 0.4) is 0 Å². The summed E-state index contributed by atoms with van der Waals surface area (Å²) in [5.74, 6) is -0.246. The van der Waals surface area contributed by atoms with Gasteiger partial charge in [0.15, 0.2) is 17.9 Å². The molecule has 0 amide bonds. The Kier molecular flexibility index (Phi) is 8.51. The van der Waals surface area contributed by atoms with E-state index in [2.05, 4.69) is 11.7 Å². The summed E-state index contributed by atoms with van der Waals surface area (Å²) in [4.78, 5) is 0. The number of alkyl halides is 2. The van der Waals surface area contributed by atoms with Crippen LogP contribution in [0, 0.1) is 17.7 Å². The Morgan fingerprint density at radius 1 is 1.03 bits per heavy atom. The Hall–Kier alpha value is -0.980. The standard InChI is InChI=1S/C22H30ClF3O3/c1-2-3-15-12-27-19(28-13-15)11-6-14-4-7-16(8-5-14)17-9-10-18(23)20(24)21(17)29-22(25)26/h9-10,14-16,19,22H,2-8,11-13H2,1H3. The van der Waals surface area contributed by atoms with Gasteiger partial charge in [0.25, 0.3) is 0 Å². The molecule has 1 saturated carbocycles. The third-order valence-electron chi connectivity index (χ3n) is 6.12. The maximum Gasteiger partial charge on any atom is 0.387 e. The topological polar surface area (TPSA) is 27.7 Å². The van der Waals surface area contributed by atoms with Gasteiger partial charge in [-0.2, -0.15) is 8.78 Å². The van der Waals surface area contributed by atoms with Gasteiger partial charge in [-0.25, -0.2) is 4.39 Å². The van der Waals surface area contributed by atoms with Crippen molar-refractivity contribution in [2.45, 2.75) is 77.1 Å². The van der Waals surface area contributed by atoms with Gasteiger partial charge < -0.3 is 14.2 Å². The Balaban J connectivity index is 1.48. The average Bonchev–Trinajstić information content (AvgIpc) is 2.72. The normalized spacial score (nSPS) is 27.9. The minimum atomic E-state index is -3.08. The lowest BCUT2D eigenvalue weighted by Crippen LogP contribution is -2.32. The largest absolute Gasteiger partial charge is 0.431 e. The molecule has 1 aliphatic carbocycles. The summed E-state index contributed by atoms with van der Waals surface area (Å²) in [5, 5.41) is -0.202. The molecule has 0 bridgehead atoms. The van der Waals surface area contributed by atoms with E-state index in [9.17, 15) is 13.2 Å². The van der Waals surface area contributed by atoms with Crippen LogP contribution >= 0.6 is 11.6 Å². The zero-order valence-corrected chi connectivity index (χ0v) is 17.6. The summed E-state index contributed by atoms with van der Waals surface area (Å²) >= 11 is 5.75. The van der Waals surface area contributed by atoms with Crippen molar-refractivity contribution < 1.29 is 27.4 Å². The first-order chi connectivity index (χ1) is 14.0. The molecule has 2 aliphatic rings. The molecule has 2 fully saturated rings. The van der Waals surface area contributed by atoms with E-state index < -0.39 is 18.2 Å². The number of hydrogen-bond acceptors (Lipinski definition) is 3. The molecule has 164 valence electrons. The molecule has 0 radical (unpaired) electrons. The summed E-state index contributed by atoms with van der Waals surface area (Å²) in [6.07, 6.45) is 7.63. The van der Waals surface area contributed by atoms with Crippen molar-refractivity contribution in [1.82, 2.24) is 0 Å². The van der Waals surface area contributed by atoms with E-state index in [0.29, 0.717) is 17.4 Å². The molecule has 29 heavy (non-hydrogen) atoms. The zero-order valence-electron chi connectivity index (χ0n) is 16.8. The molecule has 7 heteroatoms. The SMILES string of the molecule is CCCC1COC(CCC2CCC(c3ccc(Cl)c(F)c3OC(F)F)CC2)OC1. The van der Waals surface area contributed by atoms with Gasteiger partial charge >= 0.3 is 6.61 Å². The van der Waals surface area contributed by atoms with Crippen LogP contribution in [0.15, 0.2) is 12.1 Å². The number of halogens is 4. The molecular weight excluding hydrogens is 405 g/mol. The van der Waals surface area contributed by atoms with E-state index in [1.165, 1.54) is 6.07 Å². The van der Waals surface area contributed by atoms with E-state index >= 15 is 0 Å². The van der Waals surface area contributed by atoms with Crippen LogP contribution in [-0.2, 0) is 9.47 Å². The van der Waals surface area contributed by atoms with Crippen molar-refractivity contribution >= 4 is 11.6 Å². The average molecular weight is 435 g/mol. The molecule has 1 heterocycles. The highest BCUT2D eigenvalue weighted by Crippen LogP contribution is 2.43. The molecular formula is C22H30ClF3O3. The van der Waals surface area contributed by atoms with Gasteiger partial charge in [0.2, 0.25) is 0 Å². The number of ether oxygens (including phenoxy) is 3. The highest BCUT2D eigenvalue weighted by Gasteiger charge is 2.29. The summed E-state index contributed by atoms with van der Waals surface area (Å²) in [7, 11) is 0. The van der Waals surface area contributed by atoms with Gasteiger partial charge in [-0.15, -0.1) is 0 Å². The Labute approximate surface area is 175 Å². The number of benzene rings is 1. The highest BCUT2D eigenvalue weighted by molar-refractivity contribution is 6.30. The predicted octanol–water partition coefficient (Wildman–Crippen LogP) is 6.92.